The quantitative estimate of drug-likeness (QED) is 0.520. The Hall–Kier alpha value is -3.12. The number of thioether (sulfide) groups is 1. The van der Waals surface area contributed by atoms with Crippen molar-refractivity contribution in [1.29, 1.82) is 0 Å². The van der Waals surface area contributed by atoms with Gasteiger partial charge in [0.05, 0.1) is 5.75 Å². The molecule has 0 spiro atoms. The third-order valence-electron chi connectivity index (χ3n) is 5.42. The van der Waals surface area contributed by atoms with Crippen molar-refractivity contribution in [2.45, 2.75) is 31.6 Å². The molecular formula is C26H25FN2O2S. The summed E-state index contributed by atoms with van der Waals surface area (Å²) in [4.78, 5) is 26.7. The molecule has 0 bridgehead atoms. The van der Waals surface area contributed by atoms with Gasteiger partial charge in [0.15, 0.2) is 0 Å². The number of carbonyl (C=O) groups is 2. The lowest BCUT2D eigenvalue weighted by Gasteiger charge is -2.24. The zero-order valence-electron chi connectivity index (χ0n) is 18.3. The Morgan fingerprint density at radius 2 is 1.72 bits per heavy atom. The lowest BCUT2D eigenvalue weighted by Crippen LogP contribution is -2.27. The molecule has 2 amide bonds. The van der Waals surface area contributed by atoms with Crippen LogP contribution in [0.15, 0.2) is 72.8 Å². The number of anilines is 2. The molecule has 1 unspecified atom stereocenters. The fourth-order valence-corrected chi connectivity index (χ4v) is 4.81. The van der Waals surface area contributed by atoms with E-state index >= 15 is 0 Å². The molecule has 0 radical (unpaired) electrons. The highest BCUT2D eigenvalue weighted by Crippen LogP contribution is 2.42. The molecule has 3 aromatic rings. The van der Waals surface area contributed by atoms with E-state index in [1.54, 1.807) is 17.0 Å². The second kappa shape index (κ2) is 8.79. The largest absolute Gasteiger partial charge is 0.322 e. The number of hydrogen-bond acceptors (Lipinski definition) is 3. The lowest BCUT2D eigenvalue weighted by atomic mass is 9.87. The van der Waals surface area contributed by atoms with Gasteiger partial charge in [-0.2, -0.15) is 0 Å². The van der Waals surface area contributed by atoms with Crippen molar-refractivity contribution >= 4 is 35.0 Å². The van der Waals surface area contributed by atoms with Crippen LogP contribution in [0.2, 0.25) is 0 Å². The molecule has 6 heteroatoms. The molecule has 0 aliphatic carbocycles. The minimum absolute atomic E-state index is 0.0316. The van der Waals surface area contributed by atoms with Gasteiger partial charge < -0.3 is 5.32 Å². The van der Waals surface area contributed by atoms with Crippen LogP contribution in [0.4, 0.5) is 15.8 Å². The highest BCUT2D eigenvalue weighted by Gasteiger charge is 2.34. The summed E-state index contributed by atoms with van der Waals surface area (Å²) in [5.74, 6) is -0.268. The molecule has 1 N–H and O–H groups in total. The third-order valence-corrected chi connectivity index (χ3v) is 6.63. The van der Waals surface area contributed by atoms with Crippen molar-refractivity contribution in [1.82, 2.24) is 0 Å². The SMILES string of the molecule is CC(C)(C)c1ccc(C(=O)Nc2ccc(C3SCC(=O)N3c3cccc(F)c3)cc2)cc1. The van der Waals surface area contributed by atoms with Crippen molar-refractivity contribution in [3.05, 3.63) is 95.3 Å². The zero-order chi connectivity index (χ0) is 22.9. The van der Waals surface area contributed by atoms with Gasteiger partial charge in [-0.25, -0.2) is 4.39 Å². The standard InChI is InChI=1S/C26H25FN2O2S/c1-26(2,3)19-11-7-17(8-12-19)24(31)28-21-13-9-18(10-14-21)25-29(23(30)16-32-25)22-6-4-5-20(27)15-22/h4-15,25H,16H2,1-3H3,(H,28,31). The van der Waals surface area contributed by atoms with E-state index in [4.69, 9.17) is 0 Å². The predicted octanol–water partition coefficient (Wildman–Crippen LogP) is 6.15. The molecule has 1 aliphatic heterocycles. The van der Waals surface area contributed by atoms with Gasteiger partial charge in [-0.05, 0) is 59.0 Å². The molecule has 4 rings (SSSR count). The van der Waals surface area contributed by atoms with Gasteiger partial charge in [-0.1, -0.05) is 51.1 Å². The van der Waals surface area contributed by atoms with E-state index in [9.17, 15) is 14.0 Å². The molecule has 0 aromatic heterocycles. The number of hydrogen-bond donors (Lipinski definition) is 1. The Morgan fingerprint density at radius 3 is 2.34 bits per heavy atom. The summed E-state index contributed by atoms with van der Waals surface area (Å²) >= 11 is 1.50. The predicted molar refractivity (Wildman–Crippen MR) is 129 cm³/mol. The van der Waals surface area contributed by atoms with Crippen molar-refractivity contribution in [3.63, 3.8) is 0 Å². The summed E-state index contributed by atoms with van der Waals surface area (Å²) in [5, 5.41) is 2.68. The number of amides is 2. The number of halogens is 1. The second-order valence-corrected chi connectivity index (χ2v) is 9.88. The molecule has 1 heterocycles. The molecule has 1 saturated heterocycles. The number of nitrogens with one attached hydrogen (secondary N) is 1. The number of rotatable bonds is 4. The molecular weight excluding hydrogens is 423 g/mol. The summed E-state index contributed by atoms with van der Waals surface area (Å²) in [7, 11) is 0. The van der Waals surface area contributed by atoms with Crippen molar-refractivity contribution in [2.75, 3.05) is 16.0 Å². The Balaban J connectivity index is 1.48. The normalized spacial score (nSPS) is 16.3. The minimum atomic E-state index is -0.375. The molecule has 4 nitrogen and oxygen atoms in total. The van der Waals surface area contributed by atoms with Crippen LogP contribution in [0.3, 0.4) is 0 Å². The smallest absolute Gasteiger partial charge is 0.255 e. The van der Waals surface area contributed by atoms with Crippen LogP contribution in [0.5, 0.6) is 0 Å². The van der Waals surface area contributed by atoms with E-state index in [-0.39, 0.29) is 28.4 Å². The fraction of sp³-hybridized carbons (Fsp3) is 0.231. The van der Waals surface area contributed by atoms with Crippen molar-refractivity contribution in [2.24, 2.45) is 0 Å². The maximum Gasteiger partial charge on any atom is 0.255 e. The molecule has 3 aromatic carbocycles. The first-order valence-corrected chi connectivity index (χ1v) is 11.5. The van der Waals surface area contributed by atoms with Crippen LogP contribution in [0.1, 0.15) is 47.6 Å². The minimum Gasteiger partial charge on any atom is -0.322 e. The van der Waals surface area contributed by atoms with Gasteiger partial charge in [0.2, 0.25) is 5.91 Å². The first-order valence-electron chi connectivity index (χ1n) is 10.4. The Labute approximate surface area is 191 Å². The van der Waals surface area contributed by atoms with Crippen LogP contribution in [-0.2, 0) is 10.2 Å². The van der Waals surface area contributed by atoms with E-state index in [0.717, 1.165) is 5.56 Å². The summed E-state index contributed by atoms with van der Waals surface area (Å²) < 4.78 is 13.7. The van der Waals surface area contributed by atoms with Crippen LogP contribution in [0, 0.1) is 5.82 Å². The maximum atomic E-state index is 13.7. The van der Waals surface area contributed by atoms with E-state index in [0.29, 0.717) is 22.7 Å². The second-order valence-electron chi connectivity index (χ2n) is 8.81. The summed E-state index contributed by atoms with van der Waals surface area (Å²) in [6, 6.07) is 21.1. The van der Waals surface area contributed by atoms with Gasteiger partial charge in [-0.15, -0.1) is 11.8 Å². The van der Waals surface area contributed by atoms with Gasteiger partial charge >= 0.3 is 0 Å². The van der Waals surface area contributed by atoms with E-state index < -0.39 is 0 Å². The molecule has 1 aliphatic rings. The molecule has 1 fully saturated rings. The summed E-state index contributed by atoms with van der Waals surface area (Å²) in [6.07, 6.45) is 0. The first kappa shape index (κ1) is 22.1. The molecule has 0 saturated carbocycles. The van der Waals surface area contributed by atoms with Crippen LogP contribution in [-0.4, -0.2) is 17.6 Å². The first-order chi connectivity index (χ1) is 15.2. The average Bonchev–Trinajstić information content (AvgIpc) is 3.15. The fourth-order valence-electron chi connectivity index (χ4n) is 3.63. The summed E-state index contributed by atoms with van der Waals surface area (Å²) in [6.45, 7) is 6.40. The zero-order valence-corrected chi connectivity index (χ0v) is 19.1. The van der Waals surface area contributed by atoms with E-state index in [2.05, 4.69) is 26.1 Å². The van der Waals surface area contributed by atoms with Gasteiger partial charge in [0.25, 0.3) is 5.91 Å². The van der Waals surface area contributed by atoms with E-state index in [1.165, 1.54) is 29.5 Å². The Kier molecular flexibility index (Phi) is 6.07. The van der Waals surface area contributed by atoms with Crippen LogP contribution >= 0.6 is 11.8 Å². The highest BCUT2D eigenvalue weighted by molar-refractivity contribution is 8.00. The number of nitrogens with zero attached hydrogens (tertiary/aromatic N) is 1. The Bertz CT molecular complexity index is 1140. The highest BCUT2D eigenvalue weighted by atomic mass is 32.2. The molecule has 32 heavy (non-hydrogen) atoms. The van der Waals surface area contributed by atoms with E-state index in [1.807, 2.05) is 48.5 Å². The molecule has 164 valence electrons. The monoisotopic (exact) mass is 448 g/mol. The Morgan fingerprint density at radius 1 is 1.03 bits per heavy atom. The van der Waals surface area contributed by atoms with Crippen LogP contribution < -0.4 is 10.2 Å². The lowest BCUT2D eigenvalue weighted by molar-refractivity contribution is -0.115. The van der Waals surface area contributed by atoms with Crippen molar-refractivity contribution in [3.8, 4) is 0 Å². The third kappa shape index (κ3) is 4.70. The van der Waals surface area contributed by atoms with Crippen molar-refractivity contribution < 1.29 is 14.0 Å². The van der Waals surface area contributed by atoms with Crippen LogP contribution in [0.25, 0.3) is 0 Å². The summed E-state index contributed by atoms with van der Waals surface area (Å²) in [5.41, 5.74) is 3.93. The maximum absolute atomic E-state index is 13.7. The number of carbonyl (C=O) groups excluding carboxylic acids is 2. The molecule has 1 atom stereocenters. The van der Waals surface area contributed by atoms with Gasteiger partial charge in [-0.3, -0.25) is 14.5 Å². The van der Waals surface area contributed by atoms with Gasteiger partial charge in [0, 0.05) is 16.9 Å². The average molecular weight is 449 g/mol. The topological polar surface area (TPSA) is 49.4 Å². The number of benzene rings is 3. The van der Waals surface area contributed by atoms with Gasteiger partial charge in [0.1, 0.15) is 11.2 Å².